The summed E-state index contributed by atoms with van der Waals surface area (Å²) < 4.78 is 44.1. The molecule has 4 aromatic carbocycles. The second-order valence-electron chi connectivity index (χ2n) is 13.7. The van der Waals surface area contributed by atoms with Crippen molar-refractivity contribution in [2.75, 3.05) is 45.1 Å². The molecule has 0 aliphatic rings. The molecule has 0 fully saturated rings. The molecule has 17 nitrogen and oxygen atoms in total. The van der Waals surface area contributed by atoms with Crippen LogP contribution in [0.25, 0.3) is 10.2 Å². The van der Waals surface area contributed by atoms with Crippen LogP contribution in [0.3, 0.4) is 0 Å². The van der Waals surface area contributed by atoms with Gasteiger partial charge in [-0.3, -0.25) is 0 Å². The van der Waals surface area contributed by atoms with Crippen LogP contribution in [0.5, 0.6) is 17.2 Å². The zero-order valence-corrected chi connectivity index (χ0v) is 37.1. The first-order chi connectivity index (χ1) is 32.4. The number of carbonyl (C=O) groups excluding carboxylic acids is 6. The number of esters is 6. The van der Waals surface area contributed by atoms with Gasteiger partial charge in [-0.2, -0.15) is 5.10 Å². The number of fused-ring (bicyclic) bond motifs is 1. The average molecular weight is 932 g/mol. The van der Waals surface area contributed by atoms with Gasteiger partial charge >= 0.3 is 35.8 Å². The minimum absolute atomic E-state index is 0.00398. The molecule has 0 aliphatic carbocycles. The number of carbonyl (C=O) groups is 6. The number of hydrogen-bond acceptors (Lipinski definition) is 18. The summed E-state index contributed by atoms with van der Waals surface area (Å²) in [5.41, 5.74) is 2.45. The Balaban J connectivity index is 1.23. The zero-order chi connectivity index (χ0) is 48.1. The number of hydrazone groups is 1. The van der Waals surface area contributed by atoms with Gasteiger partial charge in [0.2, 0.25) is 5.13 Å². The third-order valence-electron chi connectivity index (χ3n) is 8.94. The molecule has 1 heterocycles. The van der Waals surface area contributed by atoms with E-state index in [0.29, 0.717) is 28.6 Å². The minimum atomic E-state index is -0.948. The predicted molar refractivity (Wildman–Crippen MR) is 247 cm³/mol. The van der Waals surface area contributed by atoms with Crippen LogP contribution < -0.4 is 19.2 Å². The molecule has 0 N–H and O–H groups in total. The van der Waals surface area contributed by atoms with Gasteiger partial charge in [-0.15, -0.1) is 0 Å². The van der Waals surface area contributed by atoms with Crippen molar-refractivity contribution in [2.45, 2.75) is 18.6 Å². The molecule has 0 saturated heterocycles. The molecule has 0 spiro atoms. The SMILES string of the molecule is C=CC(=O)OCC(COc1ccc(C(=O)OCCc2ccc(OC(=O)c3ccc(OCC(COC(=O)C=C)OC(=O)C=C)cc3)c(/C=N/N(C)c3nc4ccccc4s3)c2)cc1)OC(=O)C=C. The van der Waals surface area contributed by atoms with E-state index in [1.165, 1.54) is 66.1 Å². The summed E-state index contributed by atoms with van der Waals surface area (Å²) in [6, 6.07) is 24.9. The van der Waals surface area contributed by atoms with Crippen molar-refractivity contribution in [2.24, 2.45) is 5.10 Å². The molecule has 18 heteroatoms. The van der Waals surface area contributed by atoms with E-state index in [0.717, 1.165) is 40.1 Å². The Labute approximate surface area is 389 Å². The van der Waals surface area contributed by atoms with Crippen molar-refractivity contribution < 1.29 is 66.7 Å². The van der Waals surface area contributed by atoms with Gasteiger partial charge < -0.3 is 37.9 Å². The van der Waals surface area contributed by atoms with Crippen LogP contribution in [0, 0.1) is 0 Å². The van der Waals surface area contributed by atoms with E-state index in [2.05, 4.69) is 36.4 Å². The van der Waals surface area contributed by atoms with Crippen LogP contribution in [0.2, 0.25) is 0 Å². The highest BCUT2D eigenvalue weighted by atomic mass is 32.1. The van der Waals surface area contributed by atoms with Gasteiger partial charge in [-0.25, -0.2) is 38.8 Å². The maximum absolute atomic E-state index is 13.4. The number of benzene rings is 4. The third kappa shape index (κ3) is 15.7. The molecule has 1 aromatic heterocycles. The Kier molecular flexibility index (Phi) is 18.7. The lowest BCUT2D eigenvalue weighted by Crippen LogP contribution is -2.30. The summed E-state index contributed by atoms with van der Waals surface area (Å²) in [5, 5.41) is 6.82. The Morgan fingerprint density at radius 1 is 0.657 bits per heavy atom. The molecule has 346 valence electrons. The lowest BCUT2D eigenvalue weighted by molar-refractivity contribution is -0.154. The van der Waals surface area contributed by atoms with Crippen LogP contribution >= 0.6 is 11.3 Å². The summed E-state index contributed by atoms with van der Waals surface area (Å²) in [4.78, 5) is 77.6. The molecular formula is C49H45N3O14S. The molecule has 67 heavy (non-hydrogen) atoms. The molecule has 0 radical (unpaired) electrons. The maximum Gasteiger partial charge on any atom is 0.343 e. The van der Waals surface area contributed by atoms with Crippen LogP contribution in [-0.2, 0) is 49.3 Å². The Morgan fingerprint density at radius 3 is 1.73 bits per heavy atom. The monoisotopic (exact) mass is 931 g/mol. The first-order valence-electron chi connectivity index (χ1n) is 20.2. The van der Waals surface area contributed by atoms with Crippen molar-refractivity contribution in [3.63, 3.8) is 0 Å². The smallest absolute Gasteiger partial charge is 0.343 e. The molecular weight excluding hydrogens is 887 g/mol. The first kappa shape index (κ1) is 49.6. The van der Waals surface area contributed by atoms with E-state index in [9.17, 15) is 28.8 Å². The lowest BCUT2D eigenvalue weighted by atomic mass is 10.1. The maximum atomic E-state index is 13.4. The van der Waals surface area contributed by atoms with Crippen LogP contribution in [-0.4, -0.2) is 99.3 Å². The molecule has 5 rings (SSSR count). The normalized spacial score (nSPS) is 11.5. The van der Waals surface area contributed by atoms with Crippen molar-refractivity contribution >= 4 is 68.7 Å². The highest BCUT2D eigenvalue weighted by Crippen LogP contribution is 2.28. The molecule has 2 atom stereocenters. The van der Waals surface area contributed by atoms with Gasteiger partial charge in [0.25, 0.3) is 0 Å². The van der Waals surface area contributed by atoms with Gasteiger partial charge in [0, 0.05) is 43.3 Å². The summed E-state index contributed by atoms with van der Waals surface area (Å²) in [7, 11) is 1.74. The van der Waals surface area contributed by atoms with E-state index in [1.54, 1.807) is 30.3 Å². The van der Waals surface area contributed by atoms with E-state index < -0.39 is 48.0 Å². The fourth-order valence-electron chi connectivity index (χ4n) is 5.53. The van der Waals surface area contributed by atoms with Crippen molar-refractivity contribution in [1.82, 2.24) is 4.98 Å². The van der Waals surface area contributed by atoms with Gasteiger partial charge in [0.15, 0.2) is 12.2 Å². The molecule has 0 bridgehead atoms. The highest BCUT2D eigenvalue weighted by Gasteiger charge is 2.19. The van der Waals surface area contributed by atoms with E-state index in [-0.39, 0.29) is 49.9 Å². The minimum Gasteiger partial charge on any atom is -0.490 e. The highest BCUT2D eigenvalue weighted by molar-refractivity contribution is 7.22. The van der Waals surface area contributed by atoms with Crippen LogP contribution in [0.1, 0.15) is 31.8 Å². The van der Waals surface area contributed by atoms with E-state index in [1.807, 2.05) is 24.3 Å². The second-order valence-corrected chi connectivity index (χ2v) is 14.8. The number of hydrogen-bond donors (Lipinski definition) is 0. The molecule has 0 saturated carbocycles. The number of thiazole rings is 1. The van der Waals surface area contributed by atoms with Gasteiger partial charge in [-0.05, 0) is 78.4 Å². The molecule has 5 aromatic rings. The first-order valence-corrected chi connectivity index (χ1v) is 21.0. The summed E-state index contributed by atoms with van der Waals surface area (Å²) in [6.07, 6.45) is 3.84. The van der Waals surface area contributed by atoms with Crippen LogP contribution in [0.4, 0.5) is 5.13 Å². The topological polar surface area (TPSA) is 205 Å². The van der Waals surface area contributed by atoms with Crippen LogP contribution in [0.15, 0.2) is 147 Å². The Bertz CT molecular complexity index is 2590. The predicted octanol–water partition coefficient (Wildman–Crippen LogP) is 6.80. The lowest BCUT2D eigenvalue weighted by Gasteiger charge is -2.17. The summed E-state index contributed by atoms with van der Waals surface area (Å²) >= 11 is 1.46. The van der Waals surface area contributed by atoms with Gasteiger partial charge in [0.05, 0.1) is 34.2 Å². The quantitative estimate of drug-likeness (QED) is 0.0147. The number of nitrogens with zero attached hydrogens (tertiary/aromatic N) is 3. The van der Waals surface area contributed by atoms with E-state index >= 15 is 0 Å². The van der Waals surface area contributed by atoms with Crippen molar-refractivity contribution in [3.8, 4) is 17.2 Å². The van der Waals surface area contributed by atoms with Crippen molar-refractivity contribution in [3.05, 3.63) is 164 Å². The number of aromatic nitrogens is 1. The Morgan fingerprint density at radius 2 is 1.19 bits per heavy atom. The molecule has 0 aliphatic heterocycles. The summed E-state index contributed by atoms with van der Waals surface area (Å²) in [5.74, 6) is -3.25. The average Bonchev–Trinajstić information content (AvgIpc) is 3.80. The number of anilines is 1. The largest absolute Gasteiger partial charge is 0.490 e. The van der Waals surface area contributed by atoms with Gasteiger partial charge in [0.1, 0.15) is 43.7 Å². The molecule has 0 amide bonds. The fraction of sp³-hybridized carbons (Fsp3) is 0.184. The van der Waals surface area contributed by atoms with Gasteiger partial charge in [-0.1, -0.05) is 55.9 Å². The standard InChI is InChI=1S/C49H45N3O14S/c1-6-43(53)62-30-38(64-45(55)8-3)28-60-36-19-15-33(16-20-36)47(57)59-25-24-32-14-23-41(35(26-32)27-50-52(5)49-51-40-12-10-11-13-42(40)67-49)66-48(58)34-17-21-37(22-18-34)61-29-39(65-46(56)9-4)31-63-44(54)7-2/h6-23,26-27,38-39H,1-4,24-25,28-31H2,5H3/b50-27+. The fourth-order valence-corrected chi connectivity index (χ4v) is 6.41. The third-order valence-corrected chi connectivity index (χ3v) is 10.0. The number of ether oxygens (including phenoxy) is 8. The number of para-hydroxylation sites is 1. The molecule has 2 unspecified atom stereocenters. The van der Waals surface area contributed by atoms with E-state index in [4.69, 9.17) is 37.9 Å². The zero-order valence-electron chi connectivity index (χ0n) is 36.2. The number of rotatable bonds is 25. The summed E-state index contributed by atoms with van der Waals surface area (Å²) in [6.45, 7) is 12.5. The Hall–Kier alpha value is -8.38. The van der Waals surface area contributed by atoms with Crippen molar-refractivity contribution in [1.29, 1.82) is 0 Å². The second kappa shape index (κ2) is 25.2.